The first kappa shape index (κ1) is 13.5. The zero-order valence-corrected chi connectivity index (χ0v) is 11.0. The molecule has 0 bridgehead atoms. The number of aliphatic hydroxyl groups is 1. The molecule has 0 aromatic carbocycles. The molecule has 0 atom stereocenters. The van der Waals surface area contributed by atoms with Crippen LogP contribution in [0.3, 0.4) is 0 Å². The quantitative estimate of drug-likeness (QED) is 0.614. The third-order valence-electron chi connectivity index (χ3n) is 4.34. The molecular weight excluding hydrogens is 230 g/mol. The second-order valence-electron chi connectivity index (χ2n) is 5.65. The lowest BCUT2D eigenvalue weighted by molar-refractivity contribution is -0.141. The summed E-state index contributed by atoms with van der Waals surface area (Å²) < 4.78 is 0. The van der Waals surface area contributed by atoms with Crippen molar-refractivity contribution in [2.45, 2.75) is 57.8 Å². The van der Waals surface area contributed by atoms with Gasteiger partial charge in [0.25, 0.3) is 0 Å². The molecular formula is C14H23NO3. The number of rotatable bonds is 4. The number of unbranched alkanes of at least 4 members (excludes halogenated alkanes) is 1. The second-order valence-corrected chi connectivity index (χ2v) is 5.65. The molecule has 2 aliphatic rings. The summed E-state index contributed by atoms with van der Waals surface area (Å²) >= 11 is 0. The van der Waals surface area contributed by atoms with Crippen molar-refractivity contribution in [1.82, 2.24) is 4.90 Å². The Morgan fingerprint density at radius 1 is 1.06 bits per heavy atom. The van der Waals surface area contributed by atoms with Gasteiger partial charge in [0.2, 0.25) is 11.8 Å². The van der Waals surface area contributed by atoms with Crippen LogP contribution in [-0.2, 0) is 9.59 Å². The topological polar surface area (TPSA) is 57.6 Å². The number of hydrogen-bond donors (Lipinski definition) is 1. The van der Waals surface area contributed by atoms with Crippen molar-refractivity contribution in [3.05, 3.63) is 0 Å². The number of amides is 2. The van der Waals surface area contributed by atoms with Crippen molar-refractivity contribution in [1.29, 1.82) is 0 Å². The molecule has 0 aromatic rings. The number of hydrogen-bond acceptors (Lipinski definition) is 3. The first-order valence-electron chi connectivity index (χ1n) is 7.15. The highest BCUT2D eigenvalue weighted by Gasteiger charge is 2.50. The van der Waals surface area contributed by atoms with Crippen molar-refractivity contribution in [3.63, 3.8) is 0 Å². The van der Waals surface area contributed by atoms with Crippen LogP contribution in [0, 0.1) is 5.41 Å². The first-order valence-corrected chi connectivity index (χ1v) is 7.15. The summed E-state index contributed by atoms with van der Waals surface area (Å²) in [4.78, 5) is 25.9. The minimum absolute atomic E-state index is 0.000148. The molecule has 4 nitrogen and oxygen atoms in total. The summed E-state index contributed by atoms with van der Waals surface area (Å²) in [6.07, 6.45) is 8.08. The van der Waals surface area contributed by atoms with Crippen LogP contribution in [0.2, 0.25) is 0 Å². The molecule has 4 heteroatoms. The van der Waals surface area contributed by atoms with E-state index in [9.17, 15) is 9.59 Å². The fraction of sp³-hybridized carbons (Fsp3) is 0.857. The van der Waals surface area contributed by atoms with Gasteiger partial charge < -0.3 is 5.11 Å². The smallest absolute Gasteiger partial charge is 0.235 e. The van der Waals surface area contributed by atoms with E-state index in [1.165, 1.54) is 17.7 Å². The molecule has 2 rings (SSSR count). The van der Waals surface area contributed by atoms with Gasteiger partial charge in [-0.2, -0.15) is 0 Å². The van der Waals surface area contributed by atoms with Crippen molar-refractivity contribution in [2.24, 2.45) is 5.41 Å². The maximum absolute atomic E-state index is 12.5. The van der Waals surface area contributed by atoms with E-state index >= 15 is 0 Å². The molecule has 1 aliphatic carbocycles. The largest absolute Gasteiger partial charge is 0.396 e. The summed E-state index contributed by atoms with van der Waals surface area (Å²) in [7, 11) is 0. The molecule has 102 valence electrons. The molecule has 1 N–H and O–H groups in total. The predicted molar refractivity (Wildman–Crippen MR) is 67.8 cm³/mol. The van der Waals surface area contributed by atoms with Crippen molar-refractivity contribution in [2.75, 3.05) is 13.2 Å². The molecule has 0 unspecified atom stereocenters. The Labute approximate surface area is 108 Å². The molecule has 0 radical (unpaired) electrons. The van der Waals surface area contributed by atoms with E-state index in [-0.39, 0.29) is 23.8 Å². The van der Waals surface area contributed by atoms with Crippen LogP contribution >= 0.6 is 0 Å². The summed E-state index contributed by atoms with van der Waals surface area (Å²) in [5.74, 6) is 0.0622. The van der Waals surface area contributed by atoms with Gasteiger partial charge in [0.05, 0.1) is 5.41 Å². The van der Waals surface area contributed by atoms with Crippen molar-refractivity contribution >= 4 is 11.8 Å². The molecule has 1 aliphatic heterocycles. The van der Waals surface area contributed by atoms with Gasteiger partial charge in [0.1, 0.15) is 0 Å². The molecule has 2 amide bonds. The van der Waals surface area contributed by atoms with Crippen LogP contribution in [0.4, 0.5) is 0 Å². The highest BCUT2D eigenvalue weighted by atomic mass is 16.3. The zero-order valence-electron chi connectivity index (χ0n) is 11.0. The number of carbonyl (C=O) groups excluding carboxylic acids is 2. The number of nitrogens with zero attached hydrogens (tertiary/aromatic N) is 1. The van der Waals surface area contributed by atoms with E-state index < -0.39 is 0 Å². The summed E-state index contributed by atoms with van der Waals surface area (Å²) in [6, 6.07) is 0. The van der Waals surface area contributed by atoms with Gasteiger partial charge >= 0.3 is 0 Å². The molecule has 1 spiro atoms. The third-order valence-corrected chi connectivity index (χ3v) is 4.34. The fourth-order valence-electron chi connectivity index (χ4n) is 3.26. The first-order chi connectivity index (χ1) is 8.69. The normalized spacial score (nSPS) is 23.7. The summed E-state index contributed by atoms with van der Waals surface area (Å²) in [6.45, 7) is 0.612. The van der Waals surface area contributed by atoms with Gasteiger partial charge in [0.15, 0.2) is 0 Å². The average molecular weight is 253 g/mol. The van der Waals surface area contributed by atoms with Gasteiger partial charge in [-0.05, 0) is 25.7 Å². The van der Waals surface area contributed by atoms with E-state index in [1.807, 2.05) is 0 Å². The Balaban J connectivity index is 2.02. The van der Waals surface area contributed by atoms with Crippen LogP contribution in [-0.4, -0.2) is 35.0 Å². The number of imide groups is 1. The average Bonchev–Trinajstić information content (AvgIpc) is 2.55. The summed E-state index contributed by atoms with van der Waals surface area (Å²) in [5.41, 5.74) is -0.368. The van der Waals surface area contributed by atoms with Gasteiger partial charge in [-0.1, -0.05) is 25.7 Å². The zero-order chi connectivity index (χ0) is 13.0. The highest BCUT2D eigenvalue weighted by Crippen LogP contribution is 2.44. The van der Waals surface area contributed by atoms with E-state index in [2.05, 4.69) is 0 Å². The van der Waals surface area contributed by atoms with Crippen molar-refractivity contribution < 1.29 is 14.7 Å². The molecule has 18 heavy (non-hydrogen) atoms. The van der Waals surface area contributed by atoms with Gasteiger partial charge in [-0.15, -0.1) is 0 Å². The molecule has 1 heterocycles. The number of aliphatic hydroxyl groups excluding tert-OH is 1. The Kier molecular flexibility index (Phi) is 4.38. The van der Waals surface area contributed by atoms with E-state index in [0.29, 0.717) is 25.8 Å². The van der Waals surface area contributed by atoms with Gasteiger partial charge in [-0.25, -0.2) is 0 Å². The van der Waals surface area contributed by atoms with Crippen LogP contribution in [0.5, 0.6) is 0 Å². The SMILES string of the molecule is O=C1CC2(CCCCCC2)C(=O)N1CCCCO. The van der Waals surface area contributed by atoms with Crippen LogP contribution in [0.1, 0.15) is 57.8 Å². The fourth-order valence-corrected chi connectivity index (χ4v) is 3.26. The number of likely N-dealkylation sites (tertiary alicyclic amines) is 1. The Morgan fingerprint density at radius 2 is 1.72 bits per heavy atom. The van der Waals surface area contributed by atoms with Crippen LogP contribution < -0.4 is 0 Å². The van der Waals surface area contributed by atoms with Crippen LogP contribution in [0.15, 0.2) is 0 Å². The minimum atomic E-state index is -0.368. The Morgan fingerprint density at radius 3 is 2.33 bits per heavy atom. The monoisotopic (exact) mass is 253 g/mol. The third kappa shape index (κ3) is 2.58. The lowest BCUT2D eigenvalue weighted by Gasteiger charge is -2.24. The van der Waals surface area contributed by atoms with Crippen LogP contribution in [0.25, 0.3) is 0 Å². The lowest BCUT2D eigenvalue weighted by atomic mass is 9.79. The molecule has 0 aromatic heterocycles. The maximum atomic E-state index is 12.5. The standard InChI is InChI=1S/C14H23NO3/c16-10-6-5-9-15-12(17)11-14(13(15)18)7-3-1-2-4-8-14/h16H,1-11H2. The minimum Gasteiger partial charge on any atom is -0.396 e. The van der Waals surface area contributed by atoms with Gasteiger partial charge in [0, 0.05) is 19.6 Å². The second kappa shape index (κ2) is 5.83. The Bertz CT molecular complexity index is 319. The lowest BCUT2D eigenvalue weighted by Crippen LogP contribution is -2.36. The van der Waals surface area contributed by atoms with Gasteiger partial charge in [-0.3, -0.25) is 14.5 Å². The Hall–Kier alpha value is -0.900. The molecule has 2 fully saturated rings. The van der Waals surface area contributed by atoms with E-state index in [1.54, 1.807) is 0 Å². The highest BCUT2D eigenvalue weighted by molar-refractivity contribution is 6.05. The number of carbonyl (C=O) groups is 2. The van der Waals surface area contributed by atoms with E-state index in [4.69, 9.17) is 5.11 Å². The van der Waals surface area contributed by atoms with Crippen molar-refractivity contribution in [3.8, 4) is 0 Å². The predicted octanol–water partition coefficient (Wildman–Crippen LogP) is 1.86. The maximum Gasteiger partial charge on any atom is 0.235 e. The molecule has 1 saturated heterocycles. The molecule has 1 saturated carbocycles. The van der Waals surface area contributed by atoms with E-state index in [0.717, 1.165) is 25.7 Å². The summed E-state index contributed by atoms with van der Waals surface area (Å²) in [5, 5.41) is 8.76.